The number of hydrogen-bond acceptors (Lipinski definition) is 3. The second kappa shape index (κ2) is 5.04. The number of amides is 2. The van der Waals surface area contributed by atoms with Gasteiger partial charge in [0.2, 0.25) is 11.8 Å². The number of rotatable bonds is 2. The van der Waals surface area contributed by atoms with E-state index in [1.54, 1.807) is 4.90 Å². The minimum absolute atomic E-state index is 0.0153. The van der Waals surface area contributed by atoms with Gasteiger partial charge in [-0.15, -0.1) is 0 Å². The second-order valence-electron chi connectivity index (χ2n) is 5.05. The maximum absolute atomic E-state index is 12.2. The van der Waals surface area contributed by atoms with Crippen molar-refractivity contribution in [1.29, 1.82) is 0 Å². The molecule has 0 unspecified atom stereocenters. The van der Waals surface area contributed by atoms with E-state index >= 15 is 0 Å². The molecule has 0 bridgehead atoms. The van der Waals surface area contributed by atoms with Gasteiger partial charge >= 0.3 is 0 Å². The molecule has 2 atom stereocenters. The molecule has 5 nitrogen and oxygen atoms in total. The third-order valence-corrected chi connectivity index (χ3v) is 3.72. The molecule has 2 aliphatic heterocycles. The predicted octanol–water partition coefficient (Wildman–Crippen LogP) is -0.0530. The van der Waals surface area contributed by atoms with Gasteiger partial charge in [-0.25, -0.2) is 0 Å². The normalized spacial score (nSPS) is 27.4. The van der Waals surface area contributed by atoms with Crippen LogP contribution in [0.5, 0.6) is 0 Å². The summed E-state index contributed by atoms with van der Waals surface area (Å²) in [6.45, 7) is 3.99. The molecule has 0 radical (unpaired) electrons. The zero-order chi connectivity index (χ0) is 12.4. The van der Waals surface area contributed by atoms with Crippen molar-refractivity contribution in [3.63, 3.8) is 0 Å². The summed E-state index contributed by atoms with van der Waals surface area (Å²) >= 11 is 0. The monoisotopic (exact) mass is 239 g/mol. The molecule has 2 saturated heterocycles. The van der Waals surface area contributed by atoms with Crippen molar-refractivity contribution in [2.45, 2.75) is 44.7 Å². The van der Waals surface area contributed by atoms with E-state index in [4.69, 9.17) is 5.73 Å². The molecule has 0 aliphatic carbocycles. The van der Waals surface area contributed by atoms with E-state index in [2.05, 4.69) is 0 Å². The Morgan fingerprint density at radius 3 is 2.71 bits per heavy atom. The smallest absolute Gasteiger partial charge is 0.245 e. The summed E-state index contributed by atoms with van der Waals surface area (Å²) in [4.78, 5) is 27.5. The summed E-state index contributed by atoms with van der Waals surface area (Å²) < 4.78 is 0. The highest BCUT2D eigenvalue weighted by Gasteiger charge is 2.33. The first-order chi connectivity index (χ1) is 8.09. The topological polar surface area (TPSA) is 66.6 Å². The van der Waals surface area contributed by atoms with Crippen LogP contribution in [0.4, 0.5) is 0 Å². The third kappa shape index (κ3) is 2.60. The highest BCUT2D eigenvalue weighted by atomic mass is 16.2. The molecule has 5 heteroatoms. The number of piperidine rings is 1. The van der Waals surface area contributed by atoms with E-state index in [1.165, 1.54) is 0 Å². The fourth-order valence-electron chi connectivity index (χ4n) is 2.61. The lowest BCUT2D eigenvalue weighted by Crippen LogP contribution is -2.55. The lowest BCUT2D eigenvalue weighted by molar-refractivity contribution is -0.146. The van der Waals surface area contributed by atoms with E-state index < -0.39 is 0 Å². The Bertz CT molecular complexity index is 313. The van der Waals surface area contributed by atoms with Gasteiger partial charge in [-0.3, -0.25) is 9.59 Å². The number of nitrogens with two attached hydrogens (primary N) is 1. The Labute approximate surface area is 102 Å². The number of carbonyl (C=O) groups excluding carboxylic acids is 2. The van der Waals surface area contributed by atoms with Crippen LogP contribution in [0.15, 0.2) is 0 Å². The molecule has 0 saturated carbocycles. The molecule has 0 aromatic carbocycles. The molecule has 2 N–H and O–H groups in total. The van der Waals surface area contributed by atoms with Crippen molar-refractivity contribution in [3.05, 3.63) is 0 Å². The maximum atomic E-state index is 12.2. The molecule has 2 heterocycles. The van der Waals surface area contributed by atoms with Crippen LogP contribution in [-0.2, 0) is 9.59 Å². The average Bonchev–Trinajstić information content (AvgIpc) is 2.84. The number of hydrogen-bond donors (Lipinski definition) is 1. The predicted molar refractivity (Wildman–Crippen MR) is 64.2 cm³/mol. The zero-order valence-electron chi connectivity index (χ0n) is 10.4. The van der Waals surface area contributed by atoms with Gasteiger partial charge in [0.25, 0.3) is 0 Å². The summed E-state index contributed by atoms with van der Waals surface area (Å²) in [6, 6.07) is -0.339. The Hall–Kier alpha value is -1.10. The first-order valence-corrected chi connectivity index (χ1v) is 6.43. The van der Waals surface area contributed by atoms with Gasteiger partial charge in [-0.2, -0.15) is 0 Å². The van der Waals surface area contributed by atoms with Crippen LogP contribution < -0.4 is 5.73 Å². The van der Waals surface area contributed by atoms with Gasteiger partial charge in [0.15, 0.2) is 0 Å². The van der Waals surface area contributed by atoms with Crippen molar-refractivity contribution in [3.8, 4) is 0 Å². The largest absolute Gasteiger partial charge is 0.341 e. The molecule has 2 amide bonds. The van der Waals surface area contributed by atoms with E-state index in [1.807, 2.05) is 11.8 Å². The van der Waals surface area contributed by atoms with Crippen molar-refractivity contribution in [2.24, 2.45) is 5.73 Å². The third-order valence-electron chi connectivity index (χ3n) is 3.72. The van der Waals surface area contributed by atoms with E-state index in [9.17, 15) is 9.59 Å². The van der Waals surface area contributed by atoms with Crippen LogP contribution in [0, 0.1) is 0 Å². The van der Waals surface area contributed by atoms with Crippen molar-refractivity contribution in [2.75, 3.05) is 19.6 Å². The minimum Gasteiger partial charge on any atom is -0.341 e. The molecule has 17 heavy (non-hydrogen) atoms. The summed E-state index contributed by atoms with van der Waals surface area (Å²) in [6.07, 6.45) is 3.36. The minimum atomic E-state index is -0.355. The molecular formula is C12H21N3O2. The zero-order valence-corrected chi connectivity index (χ0v) is 10.4. The summed E-state index contributed by atoms with van der Waals surface area (Å²) in [7, 11) is 0. The van der Waals surface area contributed by atoms with Gasteiger partial charge in [0.05, 0.1) is 0 Å². The van der Waals surface area contributed by atoms with Crippen LogP contribution in [-0.4, -0.2) is 53.3 Å². The number of carbonyl (C=O) groups is 2. The Balaban J connectivity index is 1.99. The first-order valence-electron chi connectivity index (χ1n) is 6.43. The molecule has 0 aromatic rings. The van der Waals surface area contributed by atoms with E-state index in [0.717, 1.165) is 32.4 Å². The van der Waals surface area contributed by atoms with Crippen LogP contribution >= 0.6 is 0 Å². The van der Waals surface area contributed by atoms with Gasteiger partial charge in [0, 0.05) is 32.1 Å². The highest BCUT2D eigenvalue weighted by Crippen LogP contribution is 2.17. The molecule has 0 aromatic heterocycles. The van der Waals surface area contributed by atoms with Crippen molar-refractivity contribution >= 4 is 11.8 Å². The molecule has 0 spiro atoms. The fraction of sp³-hybridized carbons (Fsp3) is 0.833. The summed E-state index contributed by atoms with van der Waals surface area (Å²) in [5.41, 5.74) is 5.86. The second-order valence-corrected chi connectivity index (χ2v) is 5.05. The molecule has 2 rings (SSSR count). The maximum Gasteiger partial charge on any atom is 0.245 e. The van der Waals surface area contributed by atoms with Crippen LogP contribution in [0.2, 0.25) is 0 Å². The number of nitrogens with zero attached hydrogens (tertiary/aromatic N) is 2. The van der Waals surface area contributed by atoms with Crippen molar-refractivity contribution in [1.82, 2.24) is 9.80 Å². The van der Waals surface area contributed by atoms with E-state index in [-0.39, 0.29) is 23.9 Å². The van der Waals surface area contributed by atoms with Crippen molar-refractivity contribution < 1.29 is 9.59 Å². The van der Waals surface area contributed by atoms with Crippen LogP contribution in [0.3, 0.4) is 0 Å². The summed E-state index contributed by atoms with van der Waals surface area (Å²) in [5, 5.41) is 0. The van der Waals surface area contributed by atoms with Crippen LogP contribution in [0.25, 0.3) is 0 Å². The van der Waals surface area contributed by atoms with Gasteiger partial charge in [0.1, 0.15) is 6.04 Å². The Kier molecular flexibility index (Phi) is 3.66. The van der Waals surface area contributed by atoms with Gasteiger partial charge in [-0.05, 0) is 26.2 Å². The van der Waals surface area contributed by atoms with E-state index in [0.29, 0.717) is 13.0 Å². The lowest BCUT2D eigenvalue weighted by Gasteiger charge is -2.36. The molecule has 96 valence electrons. The molecular weight excluding hydrogens is 218 g/mol. The first kappa shape index (κ1) is 12.4. The van der Waals surface area contributed by atoms with Gasteiger partial charge in [-0.1, -0.05) is 0 Å². The molecule has 2 fully saturated rings. The standard InChI is InChI=1S/C12H21N3O2/c1-9(12(17)14-6-2-3-7-14)15-8-10(13)4-5-11(15)16/h9-10H,2-8,13H2,1H3/t9-,10+/m0/s1. The fourth-order valence-corrected chi connectivity index (χ4v) is 2.61. The molecule has 2 aliphatic rings. The SMILES string of the molecule is C[C@@H](C(=O)N1CCCC1)N1C[C@H](N)CCC1=O. The quantitative estimate of drug-likeness (QED) is 0.734. The number of likely N-dealkylation sites (tertiary alicyclic amines) is 2. The lowest BCUT2D eigenvalue weighted by atomic mass is 10.0. The van der Waals surface area contributed by atoms with Gasteiger partial charge < -0.3 is 15.5 Å². The Morgan fingerprint density at radius 1 is 1.41 bits per heavy atom. The highest BCUT2D eigenvalue weighted by molar-refractivity contribution is 5.88. The summed E-state index contributed by atoms with van der Waals surface area (Å²) in [5.74, 6) is 0.136. The average molecular weight is 239 g/mol. The Morgan fingerprint density at radius 2 is 2.06 bits per heavy atom. The van der Waals surface area contributed by atoms with Crippen LogP contribution in [0.1, 0.15) is 32.6 Å².